The fraction of sp³-hybridized carbons (Fsp3) is 0.647. The highest BCUT2D eigenvalue weighted by molar-refractivity contribution is 7.84. The van der Waals surface area contributed by atoms with Crippen LogP contribution in [0.2, 0.25) is 0 Å². The molecule has 23 heavy (non-hydrogen) atoms. The van der Waals surface area contributed by atoms with Gasteiger partial charge >= 0.3 is 10.3 Å². The molecule has 1 aromatic carbocycles. The smallest absolute Gasteiger partial charge is 0.333 e. The molecule has 0 bridgehead atoms. The molecule has 1 aliphatic rings. The summed E-state index contributed by atoms with van der Waals surface area (Å²) in [5.74, 6) is 1.27. The number of methoxy groups -OCH3 is 1. The molecule has 0 saturated heterocycles. The topological polar surface area (TPSA) is 78.6 Å². The summed E-state index contributed by atoms with van der Waals surface area (Å²) >= 11 is 0. The van der Waals surface area contributed by atoms with Crippen LogP contribution in [0.15, 0.2) is 24.3 Å². The Morgan fingerprint density at radius 2 is 1.78 bits per heavy atom. The number of hydrogen-bond acceptors (Lipinski definition) is 4. The minimum Gasteiger partial charge on any atom is -0.497 e. The molecule has 0 heterocycles. The highest BCUT2D eigenvalue weighted by Crippen LogP contribution is 2.34. The molecular weight excluding hydrogens is 314 g/mol. The minimum absolute atomic E-state index is 0.189. The lowest BCUT2D eigenvalue weighted by Crippen LogP contribution is -2.32. The first-order chi connectivity index (χ1) is 10.9. The monoisotopic (exact) mass is 341 g/mol. The first-order valence-electron chi connectivity index (χ1n) is 8.24. The molecule has 130 valence electrons. The van der Waals surface area contributed by atoms with Gasteiger partial charge in [-0.2, -0.15) is 8.42 Å². The van der Waals surface area contributed by atoms with Gasteiger partial charge in [0.2, 0.25) is 0 Å². The summed E-state index contributed by atoms with van der Waals surface area (Å²) in [5, 5.41) is 5.13. The van der Waals surface area contributed by atoms with Crippen molar-refractivity contribution in [1.82, 2.24) is 0 Å². The first-order valence-corrected chi connectivity index (χ1v) is 9.71. The minimum atomic E-state index is -3.93. The molecule has 5 nitrogen and oxygen atoms in total. The number of nitrogens with two attached hydrogens (primary N) is 1. The number of hydrogen-bond donors (Lipinski definition) is 1. The van der Waals surface area contributed by atoms with Gasteiger partial charge in [0, 0.05) is 0 Å². The molecule has 0 spiro atoms. The SMILES string of the molecule is COc1ccc(C(C)CC(OS(N)(=O)=O)C2CCCCC2)cc1. The molecule has 2 atom stereocenters. The summed E-state index contributed by atoms with van der Waals surface area (Å²) in [5.41, 5.74) is 1.14. The number of ether oxygens (including phenoxy) is 1. The van der Waals surface area contributed by atoms with Crippen molar-refractivity contribution in [3.63, 3.8) is 0 Å². The quantitative estimate of drug-likeness (QED) is 0.825. The standard InChI is InChI=1S/C17H27NO4S/c1-13(14-8-10-16(21-2)11-9-14)12-17(22-23(18,19)20)15-6-4-3-5-7-15/h8-11,13,15,17H,3-7,12H2,1-2H3,(H2,18,19,20). The van der Waals surface area contributed by atoms with Crippen LogP contribution in [0.5, 0.6) is 5.75 Å². The lowest BCUT2D eigenvalue weighted by Gasteiger charge is -2.31. The van der Waals surface area contributed by atoms with Crippen LogP contribution in [0.3, 0.4) is 0 Å². The van der Waals surface area contributed by atoms with Gasteiger partial charge in [0.1, 0.15) is 5.75 Å². The average molecular weight is 341 g/mol. The van der Waals surface area contributed by atoms with E-state index in [9.17, 15) is 8.42 Å². The molecule has 2 N–H and O–H groups in total. The Morgan fingerprint density at radius 1 is 1.17 bits per heavy atom. The van der Waals surface area contributed by atoms with E-state index in [0.717, 1.165) is 37.0 Å². The van der Waals surface area contributed by atoms with E-state index in [1.54, 1.807) is 7.11 Å². The molecule has 0 amide bonds. The third-order valence-corrected chi connectivity index (χ3v) is 5.22. The van der Waals surface area contributed by atoms with Gasteiger partial charge in [-0.25, -0.2) is 5.14 Å². The van der Waals surface area contributed by atoms with E-state index in [4.69, 9.17) is 14.1 Å². The number of rotatable bonds is 7. The van der Waals surface area contributed by atoms with Crippen molar-refractivity contribution in [2.45, 2.75) is 57.5 Å². The normalized spacial score (nSPS) is 19.3. The first kappa shape index (κ1) is 18.2. The Kier molecular flexibility index (Phi) is 6.44. The summed E-state index contributed by atoms with van der Waals surface area (Å²) in [4.78, 5) is 0. The van der Waals surface area contributed by atoms with E-state index in [1.165, 1.54) is 6.42 Å². The maximum absolute atomic E-state index is 11.4. The third kappa shape index (κ3) is 5.79. The molecule has 1 aliphatic carbocycles. The van der Waals surface area contributed by atoms with E-state index < -0.39 is 10.3 Å². The second kappa shape index (κ2) is 8.13. The Labute approximate surface area is 139 Å². The van der Waals surface area contributed by atoms with Crippen LogP contribution in [0.1, 0.15) is 56.9 Å². The second-order valence-corrected chi connectivity index (χ2v) is 7.61. The van der Waals surface area contributed by atoms with E-state index in [0.29, 0.717) is 6.42 Å². The van der Waals surface area contributed by atoms with Gasteiger partial charge in [-0.1, -0.05) is 38.3 Å². The van der Waals surface area contributed by atoms with Crippen molar-refractivity contribution in [2.24, 2.45) is 11.1 Å². The summed E-state index contributed by atoms with van der Waals surface area (Å²) in [6, 6.07) is 7.86. The van der Waals surface area contributed by atoms with Gasteiger partial charge in [-0.15, -0.1) is 0 Å². The van der Waals surface area contributed by atoms with E-state index in [-0.39, 0.29) is 17.9 Å². The Bertz CT molecular complexity index is 579. The van der Waals surface area contributed by atoms with E-state index >= 15 is 0 Å². The predicted molar refractivity (Wildman–Crippen MR) is 90.6 cm³/mol. The van der Waals surface area contributed by atoms with Crippen molar-refractivity contribution in [2.75, 3.05) is 7.11 Å². The summed E-state index contributed by atoms with van der Waals surface area (Å²) in [6.07, 6.45) is 5.80. The Morgan fingerprint density at radius 3 is 2.30 bits per heavy atom. The molecule has 1 saturated carbocycles. The van der Waals surface area contributed by atoms with Crippen LogP contribution in [-0.2, 0) is 14.5 Å². The molecule has 1 aromatic rings. The summed E-state index contributed by atoms with van der Waals surface area (Å²) in [6.45, 7) is 2.09. The molecule has 0 aromatic heterocycles. The molecular formula is C17H27NO4S. The van der Waals surface area contributed by atoms with E-state index in [1.807, 2.05) is 24.3 Å². The lowest BCUT2D eigenvalue weighted by molar-refractivity contribution is 0.100. The van der Waals surface area contributed by atoms with Crippen molar-refractivity contribution in [1.29, 1.82) is 0 Å². The molecule has 2 rings (SSSR count). The highest BCUT2D eigenvalue weighted by Gasteiger charge is 2.29. The zero-order valence-electron chi connectivity index (χ0n) is 13.9. The predicted octanol–water partition coefficient (Wildman–Crippen LogP) is 3.36. The van der Waals surface area contributed by atoms with Gasteiger partial charge in [0.25, 0.3) is 0 Å². The fourth-order valence-electron chi connectivity index (χ4n) is 3.41. The second-order valence-electron chi connectivity index (χ2n) is 6.44. The highest BCUT2D eigenvalue weighted by atomic mass is 32.2. The molecule has 2 unspecified atom stereocenters. The fourth-order valence-corrected chi connectivity index (χ4v) is 3.99. The van der Waals surface area contributed by atoms with Crippen LogP contribution >= 0.6 is 0 Å². The third-order valence-electron chi connectivity index (χ3n) is 4.70. The van der Waals surface area contributed by atoms with Crippen LogP contribution in [-0.4, -0.2) is 21.6 Å². The Hall–Kier alpha value is -1.11. The van der Waals surface area contributed by atoms with Crippen LogP contribution in [0.4, 0.5) is 0 Å². The van der Waals surface area contributed by atoms with Crippen molar-refractivity contribution in [3.8, 4) is 5.75 Å². The maximum Gasteiger partial charge on any atom is 0.333 e. The summed E-state index contributed by atoms with van der Waals surface area (Å²) < 4.78 is 33.3. The average Bonchev–Trinajstić information content (AvgIpc) is 2.54. The van der Waals surface area contributed by atoms with Gasteiger partial charge in [-0.05, 0) is 48.8 Å². The summed E-state index contributed by atoms with van der Waals surface area (Å²) in [7, 11) is -2.29. The molecule has 0 radical (unpaired) electrons. The largest absolute Gasteiger partial charge is 0.497 e. The lowest BCUT2D eigenvalue weighted by atomic mass is 9.81. The van der Waals surface area contributed by atoms with Crippen LogP contribution in [0.25, 0.3) is 0 Å². The van der Waals surface area contributed by atoms with E-state index in [2.05, 4.69) is 6.92 Å². The van der Waals surface area contributed by atoms with Gasteiger partial charge in [0.15, 0.2) is 0 Å². The van der Waals surface area contributed by atoms with Gasteiger partial charge < -0.3 is 4.74 Å². The number of benzene rings is 1. The molecule has 6 heteroatoms. The van der Waals surface area contributed by atoms with Crippen LogP contribution in [0, 0.1) is 5.92 Å². The van der Waals surface area contributed by atoms with Gasteiger partial charge in [-0.3, -0.25) is 4.18 Å². The zero-order valence-corrected chi connectivity index (χ0v) is 14.7. The molecule has 0 aliphatic heterocycles. The maximum atomic E-state index is 11.4. The zero-order chi connectivity index (χ0) is 16.9. The Balaban J connectivity index is 2.08. The van der Waals surface area contributed by atoms with Crippen molar-refractivity contribution >= 4 is 10.3 Å². The van der Waals surface area contributed by atoms with Crippen molar-refractivity contribution in [3.05, 3.63) is 29.8 Å². The van der Waals surface area contributed by atoms with Crippen LogP contribution < -0.4 is 9.88 Å². The van der Waals surface area contributed by atoms with Gasteiger partial charge in [0.05, 0.1) is 13.2 Å². The molecule has 1 fully saturated rings. The van der Waals surface area contributed by atoms with Crippen molar-refractivity contribution < 1.29 is 17.3 Å².